The van der Waals surface area contributed by atoms with E-state index < -0.39 is 0 Å². The molecule has 3 aliphatic rings. The molecule has 2 fully saturated rings. The molecule has 0 aliphatic carbocycles. The standard InChI is InChI=1S/C18H22N6O3/c25-16-3-1-5-22(16)14-9-19-24(12-14)13-4-7-21(11-13)17(26)15-10-20-23-6-2-8-27-18(15)23/h9-10,12-13H,1-8,11H2. The summed E-state index contributed by atoms with van der Waals surface area (Å²) in [5, 5.41) is 8.72. The van der Waals surface area contributed by atoms with Crippen molar-refractivity contribution in [1.82, 2.24) is 24.5 Å². The highest BCUT2D eigenvalue weighted by atomic mass is 16.5. The van der Waals surface area contributed by atoms with E-state index in [2.05, 4.69) is 10.2 Å². The molecule has 27 heavy (non-hydrogen) atoms. The van der Waals surface area contributed by atoms with Gasteiger partial charge in [0.25, 0.3) is 5.91 Å². The van der Waals surface area contributed by atoms with Crippen molar-refractivity contribution in [2.75, 3.05) is 31.1 Å². The maximum atomic E-state index is 12.9. The average molecular weight is 370 g/mol. The summed E-state index contributed by atoms with van der Waals surface area (Å²) in [6, 6.07) is 0.118. The number of anilines is 1. The summed E-state index contributed by atoms with van der Waals surface area (Å²) in [5.74, 6) is 0.704. The molecule has 0 aromatic carbocycles. The SMILES string of the molecule is O=C(c1cnn2c1OCCC2)N1CCC(n2cc(N3CCCC3=O)cn2)C1. The van der Waals surface area contributed by atoms with Gasteiger partial charge in [-0.1, -0.05) is 0 Å². The van der Waals surface area contributed by atoms with Gasteiger partial charge in [0, 0.05) is 45.2 Å². The van der Waals surface area contributed by atoms with Crippen LogP contribution in [0.3, 0.4) is 0 Å². The van der Waals surface area contributed by atoms with Crippen LogP contribution in [-0.4, -0.2) is 62.5 Å². The van der Waals surface area contributed by atoms with Crippen LogP contribution in [-0.2, 0) is 11.3 Å². The minimum atomic E-state index is -0.0391. The van der Waals surface area contributed by atoms with Gasteiger partial charge in [-0.05, 0) is 12.8 Å². The zero-order valence-corrected chi connectivity index (χ0v) is 15.1. The van der Waals surface area contributed by atoms with Crippen molar-refractivity contribution >= 4 is 17.5 Å². The monoisotopic (exact) mass is 370 g/mol. The number of rotatable bonds is 3. The maximum absolute atomic E-state index is 12.9. The molecule has 9 heteroatoms. The number of fused-ring (bicyclic) bond motifs is 1. The van der Waals surface area contributed by atoms with Gasteiger partial charge in [-0.25, -0.2) is 4.68 Å². The van der Waals surface area contributed by atoms with E-state index in [-0.39, 0.29) is 17.9 Å². The first-order valence-corrected chi connectivity index (χ1v) is 9.53. The number of carbonyl (C=O) groups excluding carboxylic acids is 2. The lowest BCUT2D eigenvalue weighted by Crippen LogP contribution is -2.30. The van der Waals surface area contributed by atoms with Gasteiger partial charge in [-0.3, -0.25) is 14.3 Å². The van der Waals surface area contributed by atoms with E-state index in [9.17, 15) is 9.59 Å². The Morgan fingerprint density at radius 2 is 2.07 bits per heavy atom. The third-order valence-electron chi connectivity index (χ3n) is 5.57. The summed E-state index contributed by atoms with van der Waals surface area (Å²) in [4.78, 5) is 28.5. The second-order valence-electron chi connectivity index (χ2n) is 7.31. The van der Waals surface area contributed by atoms with Crippen molar-refractivity contribution < 1.29 is 14.3 Å². The Hall–Kier alpha value is -2.84. The zero-order valence-electron chi connectivity index (χ0n) is 15.1. The number of nitrogens with zero attached hydrogens (tertiary/aromatic N) is 6. The fraction of sp³-hybridized carbons (Fsp3) is 0.556. The Kier molecular flexibility index (Phi) is 3.87. The number of likely N-dealkylation sites (tertiary alicyclic amines) is 1. The van der Waals surface area contributed by atoms with Crippen molar-refractivity contribution in [3.05, 3.63) is 24.2 Å². The molecular weight excluding hydrogens is 348 g/mol. The lowest BCUT2D eigenvalue weighted by molar-refractivity contribution is -0.117. The third kappa shape index (κ3) is 2.77. The highest BCUT2D eigenvalue weighted by molar-refractivity contribution is 5.96. The van der Waals surface area contributed by atoms with Gasteiger partial charge >= 0.3 is 0 Å². The van der Waals surface area contributed by atoms with E-state index in [4.69, 9.17) is 4.74 Å². The molecule has 1 atom stereocenters. The maximum Gasteiger partial charge on any atom is 0.261 e. The Morgan fingerprint density at radius 3 is 2.93 bits per heavy atom. The Bertz CT molecular complexity index is 888. The molecule has 5 heterocycles. The highest BCUT2D eigenvalue weighted by Crippen LogP contribution is 2.29. The highest BCUT2D eigenvalue weighted by Gasteiger charge is 2.32. The lowest BCUT2D eigenvalue weighted by atomic mass is 10.2. The van der Waals surface area contributed by atoms with E-state index >= 15 is 0 Å². The van der Waals surface area contributed by atoms with E-state index in [0.29, 0.717) is 37.6 Å². The first-order chi connectivity index (χ1) is 13.2. The second-order valence-corrected chi connectivity index (χ2v) is 7.31. The second kappa shape index (κ2) is 6.40. The summed E-state index contributed by atoms with van der Waals surface area (Å²) in [6.45, 7) is 3.44. The topological polar surface area (TPSA) is 85.5 Å². The largest absolute Gasteiger partial charge is 0.477 e. The molecule has 0 bridgehead atoms. The number of carbonyl (C=O) groups is 2. The van der Waals surface area contributed by atoms with Crippen LogP contribution >= 0.6 is 0 Å². The number of aromatic nitrogens is 4. The van der Waals surface area contributed by atoms with Crippen molar-refractivity contribution in [2.24, 2.45) is 0 Å². The van der Waals surface area contributed by atoms with Crippen LogP contribution in [0.25, 0.3) is 0 Å². The molecule has 0 N–H and O–H groups in total. The fourth-order valence-electron chi connectivity index (χ4n) is 4.12. The van der Waals surface area contributed by atoms with Crippen LogP contribution in [0.5, 0.6) is 5.88 Å². The smallest absolute Gasteiger partial charge is 0.261 e. The first-order valence-electron chi connectivity index (χ1n) is 9.53. The summed E-state index contributed by atoms with van der Waals surface area (Å²) in [7, 11) is 0. The van der Waals surface area contributed by atoms with Gasteiger partial charge in [-0.15, -0.1) is 0 Å². The van der Waals surface area contributed by atoms with Crippen LogP contribution in [0.2, 0.25) is 0 Å². The molecule has 0 saturated carbocycles. The predicted molar refractivity (Wildman–Crippen MR) is 95.7 cm³/mol. The number of ether oxygens (including phenoxy) is 1. The van der Waals surface area contributed by atoms with Crippen molar-refractivity contribution in [1.29, 1.82) is 0 Å². The molecule has 142 valence electrons. The first kappa shape index (κ1) is 16.3. The van der Waals surface area contributed by atoms with Gasteiger partial charge in [0.15, 0.2) is 0 Å². The molecule has 2 aromatic rings. The van der Waals surface area contributed by atoms with Gasteiger partial charge in [0.2, 0.25) is 11.8 Å². The fourth-order valence-corrected chi connectivity index (χ4v) is 4.12. The van der Waals surface area contributed by atoms with Crippen LogP contribution in [0.4, 0.5) is 5.69 Å². The molecular formula is C18H22N6O3. The molecule has 0 spiro atoms. The van der Waals surface area contributed by atoms with Crippen LogP contribution in [0.15, 0.2) is 18.6 Å². The summed E-state index contributed by atoms with van der Waals surface area (Å²) < 4.78 is 9.30. The van der Waals surface area contributed by atoms with Crippen LogP contribution in [0, 0.1) is 0 Å². The minimum Gasteiger partial charge on any atom is -0.477 e. The molecule has 0 radical (unpaired) electrons. The lowest BCUT2D eigenvalue weighted by Gasteiger charge is -2.19. The Balaban J connectivity index is 1.29. The summed E-state index contributed by atoms with van der Waals surface area (Å²) >= 11 is 0. The van der Waals surface area contributed by atoms with Crippen molar-refractivity contribution in [3.8, 4) is 5.88 Å². The van der Waals surface area contributed by atoms with Gasteiger partial charge in [0.1, 0.15) is 5.56 Å². The number of aryl methyl sites for hydroxylation is 1. The van der Waals surface area contributed by atoms with Crippen LogP contribution < -0.4 is 9.64 Å². The van der Waals surface area contributed by atoms with Crippen LogP contribution in [0.1, 0.15) is 42.1 Å². The van der Waals surface area contributed by atoms with Gasteiger partial charge in [-0.2, -0.15) is 10.2 Å². The Labute approximate surface area is 156 Å². The Morgan fingerprint density at radius 1 is 1.15 bits per heavy atom. The number of hydrogen-bond donors (Lipinski definition) is 0. The predicted octanol–water partition coefficient (Wildman–Crippen LogP) is 1.08. The van der Waals surface area contributed by atoms with E-state index in [1.807, 2.05) is 15.8 Å². The molecule has 3 aliphatic heterocycles. The van der Waals surface area contributed by atoms with Gasteiger partial charge in [0.05, 0.1) is 30.7 Å². The summed E-state index contributed by atoms with van der Waals surface area (Å²) in [5.41, 5.74) is 1.39. The zero-order chi connectivity index (χ0) is 18.4. The van der Waals surface area contributed by atoms with E-state index in [0.717, 1.165) is 38.0 Å². The van der Waals surface area contributed by atoms with Gasteiger partial charge < -0.3 is 14.5 Å². The van der Waals surface area contributed by atoms with Crippen molar-refractivity contribution in [2.45, 2.75) is 38.3 Å². The molecule has 9 nitrogen and oxygen atoms in total. The molecule has 2 aromatic heterocycles. The minimum absolute atomic E-state index is 0.0391. The molecule has 2 amide bonds. The van der Waals surface area contributed by atoms with E-state index in [1.165, 1.54) is 0 Å². The van der Waals surface area contributed by atoms with Crippen molar-refractivity contribution in [3.63, 3.8) is 0 Å². The number of hydrogen-bond acceptors (Lipinski definition) is 5. The quantitative estimate of drug-likeness (QED) is 0.807. The average Bonchev–Trinajstić information content (AvgIpc) is 3.45. The van der Waals surface area contributed by atoms with E-state index in [1.54, 1.807) is 22.0 Å². The molecule has 2 saturated heterocycles. The third-order valence-corrected chi connectivity index (χ3v) is 5.57. The molecule has 1 unspecified atom stereocenters. The number of amides is 2. The normalized spacial score (nSPS) is 22.2. The summed E-state index contributed by atoms with van der Waals surface area (Å²) in [6.07, 6.45) is 8.53. The molecule has 5 rings (SSSR count).